The molecule has 0 spiro atoms. The molecule has 1 aromatic heterocycles. The molecule has 0 fully saturated rings. The van der Waals surface area contributed by atoms with E-state index < -0.39 is 0 Å². The van der Waals surface area contributed by atoms with Gasteiger partial charge in [0, 0.05) is 33.6 Å². The van der Waals surface area contributed by atoms with Crippen LogP contribution in [0.15, 0.2) is 199 Å². The highest BCUT2D eigenvalue weighted by Gasteiger charge is 2.17. The third-order valence-electron chi connectivity index (χ3n) is 9.87. The predicted molar refractivity (Wildman–Crippen MR) is 215 cm³/mol. The SMILES string of the molecule is Cc1c(-c2cccc(N(c3ccc(-c4ccc(-c5ccccc5)cc4)cc3)c3ccc(-c4ccc5ccccc5c4)cc3)c2)oc2ccccc12. The van der Waals surface area contributed by atoms with Crippen molar-refractivity contribution in [2.45, 2.75) is 6.92 Å². The number of aryl methyl sites for hydroxylation is 1. The van der Waals surface area contributed by atoms with Gasteiger partial charge in [-0.25, -0.2) is 0 Å². The van der Waals surface area contributed by atoms with E-state index in [0.29, 0.717) is 0 Å². The van der Waals surface area contributed by atoms with Gasteiger partial charge in [0.15, 0.2) is 0 Å². The second-order valence-corrected chi connectivity index (χ2v) is 13.0. The number of benzene rings is 8. The minimum atomic E-state index is 0.902. The average Bonchev–Trinajstić information content (AvgIpc) is 3.55. The molecule has 242 valence electrons. The van der Waals surface area contributed by atoms with Crippen LogP contribution in [0.2, 0.25) is 0 Å². The largest absolute Gasteiger partial charge is 0.456 e. The van der Waals surface area contributed by atoms with E-state index in [1.54, 1.807) is 0 Å². The lowest BCUT2D eigenvalue weighted by Crippen LogP contribution is -2.10. The third-order valence-corrected chi connectivity index (χ3v) is 9.87. The highest BCUT2D eigenvalue weighted by molar-refractivity contribution is 5.90. The Bertz CT molecular complexity index is 2620. The highest BCUT2D eigenvalue weighted by atomic mass is 16.3. The van der Waals surface area contributed by atoms with Crippen molar-refractivity contribution in [3.05, 3.63) is 200 Å². The minimum Gasteiger partial charge on any atom is -0.456 e. The Labute approximate surface area is 298 Å². The Hall–Kier alpha value is -6.64. The summed E-state index contributed by atoms with van der Waals surface area (Å²) in [6.07, 6.45) is 0. The van der Waals surface area contributed by atoms with Gasteiger partial charge in [0.1, 0.15) is 11.3 Å². The van der Waals surface area contributed by atoms with E-state index in [2.05, 4.69) is 194 Å². The number of anilines is 3. The first-order valence-corrected chi connectivity index (χ1v) is 17.4. The monoisotopic (exact) mass is 653 g/mol. The van der Waals surface area contributed by atoms with Crippen molar-refractivity contribution in [2.24, 2.45) is 0 Å². The molecule has 0 aliphatic rings. The zero-order valence-electron chi connectivity index (χ0n) is 28.3. The molecule has 2 heteroatoms. The summed E-state index contributed by atoms with van der Waals surface area (Å²) in [7, 11) is 0. The quantitative estimate of drug-likeness (QED) is 0.170. The minimum absolute atomic E-state index is 0.902. The Morgan fingerprint density at radius 2 is 0.863 bits per heavy atom. The molecule has 1 heterocycles. The molecule has 9 rings (SSSR count). The molecule has 9 aromatic rings. The van der Waals surface area contributed by atoms with Crippen LogP contribution in [-0.2, 0) is 0 Å². The highest BCUT2D eigenvalue weighted by Crippen LogP contribution is 2.40. The van der Waals surface area contributed by atoms with Crippen molar-refractivity contribution < 1.29 is 4.42 Å². The first kappa shape index (κ1) is 30.4. The molecule has 0 saturated heterocycles. The number of para-hydroxylation sites is 1. The maximum atomic E-state index is 6.41. The Morgan fingerprint density at radius 3 is 1.53 bits per heavy atom. The van der Waals surface area contributed by atoms with Gasteiger partial charge in [0.05, 0.1) is 0 Å². The lowest BCUT2D eigenvalue weighted by atomic mass is 9.99. The van der Waals surface area contributed by atoms with Gasteiger partial charge in [0.25, 0.3) is 0 Å². The van der Waals surface area contributed by atoms with Gasteiger partial charge in [-0.05, 0) is 99.6 Å². The summed E-state index contributed by atoms with van der Waals surface area (Å²) in [5, 5.41) is 3.64. The fraction of sp³-hybridized carbons (Fsp3) is 0.0204. The normalized spacial score (nSPS) is 11.2. The molecule has 0 amide bonds. The lowest BCUT2D eigenvalue weighted by molar-refractivity contribution is 0.629. The summed E-state index contributed by atoms with van der Waals surface area (Å²) < 4.78 is 6.41. The molecule has 0 N–H and O–H groups in total. The van der Waals surface area contributed by atoms with E-state index in [4.69, 9.17) is 4.42 Å². The molecular formula is C49H35NO. The van der Waals surface area contributed by atoms with E-state index in [1.807, 2.05) is 12.1 Å². The molecule has 0 bridgehead atoms. The number of fused-ring (bicyclic) bond motifs is 2. The summed E-state index contributed by atoms with van der Waals surface area (Å²) in [5.74, 6) is 0.902. The molecule has 0 aliphatic carbocycles. The fourth-order valence-electron chi connectivity index (χ4n) is 7.14. The van der Waals surface area contributed by atoms with Crippen LogP contribution in [-0.4, -0.2) is 0 Å². The van der Waals surface area contributed by atoms with Gasteiger partial charge < -0.3 is 9.32 Å². The first-order valence-electron chi connectivity index (χ1n) is 17.4. The Morgan fingerprint density at radius 1 is 0.353 bits per heavy atom. The Kier molecular flexibility index (Phi) is 7.75. The molecule has 8 aromatic carbocycles. The molecule has 0 unspecified atom stereocenters. The smallest absolute Gasteiger partial charge is 0.138 e. The molecule has 51 heavy (non-hydrogen) atoms. The molecule has 0 atom stereocenters. The molecule has 2 nitrogen and oxygen atoms in total. The number of nitrogens with zero attached hydrogens (tertiary/aromatic N) is 1. The predicted octanol–water partition coefficient (Wildman–Crippen LogP) is 14.0. The summed E-state index contributed by atoms with van der Waals surface area (Å²) in [5.41, 5.74) is 13.5. The third kappa shape index (κ3) is 5.88. The van der Waals surface area contributed by atoms with Gasteiger partial charge in [-0.15, -0.1) is 0 Å². The number of rotatable bonds is 7. The van der Waals surface area contributed by atoms with E-state index in [1.165, 1.54) is 44.2 Å². The van der Waals surface area contributed by atoms with E-state index in [0.717, 1.165) is 44.9 Å². The standard InChI is InChI=1S/C49H35NO/c1-34-47-16-7-8-17-48(47)51-49(34)43-14-9-15-46(33-43)50(45-30-26-40(27-31-45)42-23-22-36-12-5-6-13-41(36)32-42)44-28-24-39(25-29-44)38-20-18-37(19-21-38)35-10-3-2-4-11-35/h2-33H,1H3. The van der Waals surface area contributed by atoms with E-state index in [-0.39, 0.29) is 0 Å². The van der Waals surface area contributed by atoms with Crippen LogP contribution in [0.5, 0.6) is 0 Å². The van der Waals surface area contributed by atoms with Gasteiger partial charge in [-0.3, -0.25) is 0 Å². The van der Waals surface area contributed by atoms with Crippen molar-refractivity contribution in [1.29, 1.82) is 0 Å². The zero-order valence-corrected chi connectivity index (χ0v) is 28.3. The topological polar surface area (TPSA) is 16.4 Å². The average molecular weight is 654 g/mol. The van der Waals surface area contributed by atoms with Crippen LogP contribution < -0.4 is 4.90 Å². The van der Waals surface area contributed by atoms with Gasteiger partial charge >= 0.3 is 0 Å². The number of hydrogen-bond acceptors (Lipinski definition) is 2. The van der Waals surface area contributed by atoms with Crippen molar-refractivity contribution in [3.8, 4) is 44.7 Å². The lowest BCUT2D eigenvalue weighted by Gasteiger charge is -2.26. The molecule has 0 aliphatic heterocycles. The first-order chi connectivity index (χ1) is 25.2. The van der Waals surface area contributed by atoms with Crippen LogP contribution in [0, 0.1) is 6.92 Å². The number of furan rings is 1. The molecular weight excluding hydrogens is 619 g/mol. The van der Waals surface area contributed by atoms with Crippen LogP contribution in [0.25, 0.3) is 66.4 Å². The van der Waals surface area contributed by atoms with Gasteiger partial charge in [-0.1, -0.05) is 146 Å². The fourth-order valence-corrected chi connectivity index (χ4v) is 7.14. The summed E-state index contributed by atoms with van der Waals surface area (Å²) in [6.45, 7) is 2.14. The Balaban J connectivity index is 1.10. The van der Waals surface area contributed by atoms with Crippen LogP contribution in [0.3, 0.4) is 0 Å². The van der Waals surface area contributed by atoms with E-state index in [9.17, 15) is 0 Å². The van der Waals surface area contributed by atoms with Crippen molar-refractivity contribution in [3.63, 3.8) is 0 Å². The van der Waals surface area contributed by atoms with Crippen molar-refractivity contribution >= 4 is 38.8 Å². The maximum absolute atomic E-state index is 6.41. The maximum Gasteiger partial charge on any atom is 0.138 e. The summed E-state index contributed by atoms with van der Waals surface area (Å²) >= 11 is 0. The number of hydrogen-bond donors (Lipinski definition) is 0. The van der Waals surface area contributed by atoms with Gasteiger partial charge in [0.2, 0.25) is 0 Å². The molecule has 0 radical (unpaired) electrons. The second-order valence-electron chi connectivity index (χ2n) is 13.0. The second kappa shape index (κ2) is 13.0. The van der Waals surface area contributed by atoms with Crippen LogP contribution in [0.1, 0.15) is 5.56 Å². The van der Waals surface area contributed by atoms with Gasteiger partial charge in [-0.2, -0.15) is 0 Å². The molecule has 0 saturated carbocycles. The zero-order chi connectivity index (χ0) is 34.1. The van der Waals surface area contributed by atoms with Crippen LogP contribution in [0.4, 0.5) is 17.1 Å². The van der Waals surface area contributed by atoms with Crippen molar-refractivity contribution in [1.82, 2.24) is 0 Å². The van der Waals surface area contributed by atoms with E-state index >= 15 is 0 Å². The summed E-state index contributed by atoms with van der Waals surface area (Å²) in [6, 6.07) is 69.2. The van der Waals surface area contributed by atoms with Crippen molar-refractivity contribution in [2.75, 3.05) is 4.90 Å². The summed E-state index contributed by atoms with van der Waals surface area (Å²) in [4.78, 5) is 2.33. The van der Waals surface area contributed by atoms with Crippen LogP contribution >= 0.6 is 0 Å².